The monoisotopic (exact) mass is 260 g/mol. The van der Waals surface area contributed by atoms with Gasteiger partial charge < -0.3 is 10.2 Å². The van der Waals surface area contributed by atoms with E-state index in [0.29, 0.717) is 6.54 Å². The minimum absolute atomic E-state index is 0.0136. The minimum atomic E-state index is -4.49. The number of halogens is 3. The molecule has 100 valence electrons. The molecule has 0 radical (unpaired) electrons. The second kappa shape index (κ2) is 5.29. The Morgan fingerprint density at radius 3 is 2.39 bits per heavy atom. The molecule has 1 aromatic rings. The summed E-state index contributed by atoms with van der Waals surface area (Å²) in [6, 6.07) is 3.54. The van der Waals surface area contributed by atoms with Gasteiger partial charge in [-0.2, -0.15) is 13.2 Å². The third-order valence-corrected chi connectivity index (χ3v) is 2.35. The predicted molar refractivity (Wildman–Crippen MR) is 63.6 cm³/mol. The molecule has 6 heteroatoms. The molecule has 0 aliphatic rings. The Balaban J connectivity index is 3.26. The van der Waals surface area contributed by atoms with Gasteiger partial charge >= 0.3 is 6.18 Å². The van der Waals surface area contributed by atoms with Crippen molar-refractivity contribution >= 4 is 11.6 Å². The highest BCUT2D eigenvalue weighted by Gasteiger charge is 2.34. The summed E-state index contributed by atoms with van der Waals surface area (Å²) in [7, 11) is 2.99. The number of carbonyl (C=O) groups is 1. The molecule has 3 nitrogen and oxygen atoms in total. The van der Waals surface area contributed by atoms with Crippen LogP contribution in [0.15, 0.2) is 18.2 Å². The smallest absolute Gasteiger partial charge is 0.385 e. The van der Waals surface area contributed by atoms with E-state index in [1.807, 2.05) is 0 Å². The summed E-state index contributed by atoms with van der Waals surface area (Å²) in [6.07, 6.45) is -4.49. The average Bonchev–Trinajstić information content (AvgIpc) is 2.27. The lowest BCUT2D eigenvalue weighted by Gasteiger charge is -2.16. The van der Waals surface area contributed by atoms with E-state index < -0.39 is 17.6 Å². The van der Waals surface area contributed by atoms with Crippen molar-refractivity contribution in [3.05, 3.63) is 29.3 Å². The van der Waals surface area contributed by atoms with Gasteiger partial charge in [-0.15, -0.1) is 0 Å². The first kappa shape index (κ1) is 14.3. The summed E-state index contributed by atoms with van der Waals surface area (Å²) in [6.45, 7) is 2.09. The van der Waals surface area contributed by atoms with Crippen molar-refractivity contribution in [2.24, 2.45) is 0 Å². The quantitative estimate of drug-likeness (QED) is 0.906. The number of rotatable bonds is 3. The Morgan fingerprint density at radius 1 is 1.33 bits per heavy atom. The van der Waals surface area contributed by atoms with Gasteiger partial charge in [-0.25, -0.2) is 0 Å². The Labute approximate surface area is 104 Å². The van der Waals surface area contributed by atoms with Crippen LogP contribution in [0.4, 0.5) is 18.9 Å². The van der Waals surface area contributed by atoms with E-state index in [1.54, 1.807) is 6.92 Å². The molecule has 0 saturated carbocycles. The summed E-state index contributed by atoms with van der Waals surface area (Å²) < 4.78 is 38.6. The maximum Gasteiger partial charge on any atom is 0.418 e. The maximum absolute atomic E-state index is 12.9. The van der Waals surface area contributed by atoms with Crippen molar-refractivity contribution in [3.63, 3.8) is 0 Å². The van der Waals surface area contributed by atoms with Crippen LogP contribution in [0.5, 0.6) is 0 Å². The number of hydrogen-bond donors (Lipinski definition) is 1. The zero-order valence-electron chi connectivity index (χ0n) is 10.4. The van der Waals surface area contributed by atoms with Crippen LogP contribution in [0.3, 0.4) is 0 Å². The summed E-state index contributed by atoms with van der Waals surface area (Å²) in [5, 5.41) is 2.63. The molecule has 0 aliphatic carbocycles. The Bertz CT molecular complexity index is 441. The summed E-state index contributed by atoms with van der Waals surface area (Å²) in [5.74, 6) is -0.455. The number of amides is 1. The van der Waals surface area contributed by atoms with Crippen LogP contribution in [0.2, 0.25) is 0 Å². The second-order valence-electron chi connectivity index (χ2n) is 3.99. The van der Waals surface area contributed by atoms with Gasteiger partial charge in [0.2, 0.25) is 0 Å². The highest BCUT2D eigenvalue weighted by atomic mass is 19.4. The topological polar surface area (TPSA) is 32.3 Å². The van der Waals surface area contributed by atoms with Gasteiger partial charge in [-0.3, -0.25) is 4.79 Å². The molecule has 1 N–H and O–H groups in total. The first-order valence-electron chi connectivity index (χ1n) is 5.44. The summed E-state index contributed by atoms with van der Waals surface area (Å²) in [5.41, 5.74) is -0.814. The third kappa shape index (κ3) is 3.15. The summed E-state index contributed by atoms with van der Waals surface area (Å²) in [4.78, 5) is 12.9. The lowest BCUT2D eigenvalue weighted by Crippen LogP contribution is -2.22. The molecule has 0 atom stereocenters. The van der Waals surface area contributed by atoms with Gasteiger partial charge in [0.05, 0.1) is 5.56 Å². The molecule has 1 amide bonds. The highest BCUT2D eigenvalue weighted by Crippen LogP contribution is 2.35. The lowest BCUT2D eigenvalue weighted by atomic mass is 10.1. The van der Waals surface area contributed by atoms with Gasteiger partial charge in [-0.1, -0.05) is 0 Å². The number of benzene rings is 1. The SMILES string of the molecule is CCNc1ccc(C(=O)N(C)C)cc1C(F)(F)F. The number of alkyl halides is 3. The molecule has 0 bridgehead atoms. The first-order chi connectivity index (χ1) is 8.27. The highest BCUT2D eigenvalue weighted by molar-refractivity contribution is 5.94. The number of nitrogens with zero attached hydrogens (tertiary/aromatic N) is 1. The molecule has 1 aromatic carbocycles. The van der Waals surface area contributed by atoms with Crippen LogP contribution < -0.4 is 5.32 Å². The minimum Gasteiger partial charge on any atom is -0.385 e. The van der Waals surface area contributed by atoms with E-state index in [-0.39, 0.29) is 11.3 Å². The van der Waals surface area contributed by atoms with Crippen LogP contribution in [0, 0.1) is 0 Å². The fourth-order valence-corrected chi connectivity index (χ4v) is 1.51. The van der Waals surface area contributed by atoms with Crippen LogP contribution in [0.1, 0.15) is 22.8 Å². The number of anilines is 1. The van der Waals surface area contributed by atoms with Crippen molar-refractivity contribution in [2.45, 2.75) is 13.1 Å². The molecular formula is C12H15F3N2O. The van der Waals surface area contributed by atoms with Crippen LogP contribution in [-0.2, 0) is 6.18 Å². The molecule has 0 unspecified atom stereocenters. The molecule has 0 aliphatic heterocycles. The van der Waals surface area contributed by atoms with E-state index in [9.17, 15) is 18.0 Å². The van der Waals surface area contributed by atoms with Gasteiger partial charge in [0, 0.05) is 31.9 Å². The molecule has 0 spiro atoms. The van der Waals surface area contributed by atoms with E-state index in [0.717, 1.165) is 6.07 Å². The van der Waals surface area contributed by atoms with E-state index >= 15 is 0 Å². The van der Waals surface area contributed by atoms with Crippen molar-refractivity contribution in [3.8, 4) is 0 Å². The average molecular weight is 260 g/mol. The fraction of sp³-hybridized carbons (Fsp3) is 0.417. The Hall–Kier alpha value is -1.72. The van der Waals surface area contributed by atoms with Gasteiger partial charge in [-0.05, 0) is 25.1 Å². The first-order valence-corrected chi connectivity index (χ1v) is 5.44. The third-order valence-electron chi connectivity index (χ3n) is 2.35. The van der Waals surface area contributed by atoms with Crippen molar-refractivity contribution in [1.82, 2.24) is 4.90 Å². The van der Waals surface area contributed by atoms with Gasteiger partial charge in [0.25, 0.3) is 5.91 Å². The van der Waals surface area contributed by atoms with Crippen LogP contribution in [0.25, 0.3) is 0 Å². The molecular weight excluding hydrogens is 245 g/mol. The van der Waals surface area contributed by atoms with E-state index in [1.165, 1.54) is 31.1 Å². The number of nitrogens with one attached hydrogen (secondary N) is 1. The lowest BCUT2D eigenvalue weighted by molar-refractivity contribution is -0.137. The van der Waals surface area contributed by atoms with Crippen LogP contribution in [-0.4, -0.2) is 31.4 Å². The Kier molecular flexibility index (Phi) is 4.21. The summed E-state index contributed by atoms with van der Waals surface area (Å²) >= 11 is 0. The number of hydrogen-bond acceptors (Lipinski definition) is 2. The zero-order valence-corrected chi connectivity index (χ0v) is 10.4. The normalized spacial score (nSPS) is 11.2. The molecule has 1 rings (SSSR count). The second-order valence-corrected chi connectivity index (χ2v) is 3.99. The number of carbonyl (C=O) groups excluding carboxylic acids is 1. The van der Waals surface area contributed by atoms with Gasteiger partial charge in [0.1, 0.15) is 0 Å². The molecule has 0 heterocycles. The zero-order chi connectivity index (χ0) is 13.9. The molecule has 0 aromatic heterocycles. The van der Waals surface area contributed by atoms with Crippen molar-refractivity contribution in [2.75, 3.05) is 26.0 Å². The fourth-order valence-electron chi connectivity index (χ4n) is 1.51. The van der Waals surface area contributed by atoms with E-state index in [4.69, 9.17) is 0 Å². The standard InChI is InChI=1S/C12H15F3N2O/c1-4-16-10-6-5-8(11(18)17(2)3)7-9(10)12(13,14)15/h5-7,16H,4H2,1-3H3. The Morgan fingerprint density at radius 2 is 1.94 bits per heavy atom. The molecule has 0 saturated heterocycles. The van der Waals surface area contributed by atoms with Crippen LogP contribution >= 0.6 is 0 Å². The van der Waals surface area contributed by atoms with Crippen molar-refractivity contribution < 1.29 is 18.0 Å². The van der Waals surface area contributed by atoms with Gasteiger partial charge in [0.15, 0.2) is 0 Å². The van der Waals surface area contributed by atoms with E-state index in [2.05, 4.69) is 5.32 Å². The molecule has 18 heavy (non-hydrogen) atoms. The maximum atomic E-state index is 12.9. The molecule has 0 fully saturated rings. The predicted octanol–water partition coefficient (Wildman–Crippen LogP) is 2.84. The van der Waals surface area contributed by atoms with Crippen molar-refractivity contribution in [1.29, 1.82) is 0 Å². The largest absolute Gasteiger partial charge is 0.418 e.